The molecule has 0 aromatic carbocycles. The topological polar surface area (TPSA) is 122 Å². The van der Waals surface area contributed by atoms with E-state index in [1.807, 2.05) is 17.5 Å². The number of aromatic nitrogens is 1. The minimum atomic E-state index is -0.664. The van der Waals surface area contributed by atoms with E-state index in [0.717, 1.165) is 30.7 Å². The number of likely N-dealkylation sites (tertiary alicyclic amines) is 1. The Morgan fingerprint density at radius 2 is 2.22 bits per heavy atom. The minimum absolute atomic E-state index is 0.242. The summed E-state index contributed by atoms with van der Waals surface area (Å²) in [6, 6.07) is 5.48. The molecule has 3 rings (SSSR count). The molecule has 27 heavy (non-hydrogen) atoms. The lowest BCUT2D eigenvalue weighted by Crippen LogP contribution is -2.32. The average molecular weight is 392 g/mol. The first-order valence-electron chi connectivity index (χ1n) is 9.03. The van der Waals surface area contributed by atoms with E-state index in [1.165, 1.54) is 11.3 Å². The van der Waals surface area contributed by atoms with Crippen LogP contribution in [-0.2, 0) is 4.79 Å². The van der Waals surface area contributed by atoms with E-state index >= 15 is 0 Å². The van der Waals surface area contributed by atoms with Crippen molar-refractivity contribution in [2.24, 2.45) is 11.7 Å². The minimum Gasteiger partial charge on any atom is -0.391 e. The second-order valence-electron chi connectivity index (χ2n) is 6.71. The third-order valence-corrected chi connectivity index (χ3v) is 5.56. The number of carbonyl (C=O) groups excluding carboxylic acids is 2. The number of unbranched alkanes of at least 4 members (excludes halogenated alkanes) is 2. The number of primary amides is 1. The number of β-amino-alcohol motifs (C(OH)–C–C–N with tert-alkyl or cyclic N) is 1. The van der Waals surface area contributed by atoms with Crippen LogP contribution in [0.5, 0.6) is 0 Å². The quantitative estimate of drug-likeness (QED) is 0.549. The number of carbonyl (C=O) groups is 2. The van der Waals surface area contributed by atoms with Gasteiger partial charge in [0.05, 0.1) is 16.9 Å². The molecule has 4 N–H and O–H groups in total. The third kappa shape index (κ3) is 5.15. The molecule has 1 aliphatic heterocycles. The van der Waals surface area contributed by atoms with E-state index < -0.39 is 17.9 Å². The summed E-state index contributed by atoms with van der Waals surface area (Å²) in [6.45, 7) is 2.38. The first kappa shape index (κ1) is 19.5. The number of hydrogen-bond acceptors (Lipinski definition) is 7. The predicted molar refractivity (Wildman–Crippen MR) is 101 cm³/mol. The lowest BCUT2D eigenvalue weighted by Gasteiger charge is -2.14. The molecule has 2 aromatic heterocycles. The van der Waals surface area contributed by atoms with Crippen LogP contribution in [0.3, 0.4) is 0 Å². The molecule has 2 aromatic rings. The van der Waals surface area contributed by atoms with Gasteiger partial charge in [0.25, 0.3) is 5.91 Å². The van der Waals surface area contributed by atoms with Crippen molar-refractivity contribution in [2.75, 3.05) is 26.2 Å². The van der Waals surface area contributed by atoms with Crippen molar-refractivity contribution in [1.29, 1.82) is 0 Å². The normalized spacial score (nSPS) is 20.0. The van der Waals surface area contributed by atoms with E-state index in [9.17, 15) is 14.7 Å². The van der Waals surface area contributed by atoms with Crippen LogP contribution >= 0.6 is 11.3 Å². The monoisotopic (exact) mass is 392 g/mol. The number of amides is 2. The molecular formula is C18H24N4O4S. The summed E-state index contributed by atoms with van der Waals surface area (Å²) in [5, 5.41) is 18.4. The molecule has 0 radical (unpaired) electrons. The van der Waals surface area contributed by atoms with Gasteiger partial charge in [0.15, 0.2) is 11.5 Å². The van der Waals surface area contributed by atoms with Gasteiger partial charge in [-0.1, -0.05) is 17.6 Å². The van der Waals surface area contributed by atoms with E-state index in [4.69, 9.17) is 10.3 Å². The summed E-state index contributed by atoms with van der Waals surface area (Å²) in [5.41, 5.74) is 5.55. The summed E-state index contributed by atoms with van der Waals surface area (Å²) < 4.78 is 5.21. The smallest absolute Gasteiger partial charge is 0.273 e. The molecule has 0 spiro atoms. The summed E-state index contributed by atoms with van der Waals surface area (Å²) in [5.74, 6) is -0.556. The molecule has 8 nitrogen and oxygen atoms in total. The zero-order valence-corrected chi connectivity index (χ0v) is 15.8. The summed E-state index contributed by atoms with van der Waals surface area (Å²) in [7, 11) is 0. The van der Waals surface area contributed by atoms with Crippen LogP contribution in [0, 0.1) is 5.92 Å². The summed E-state index contributed by atoms with van der Waals surface area (Å²) in [6.07, 6.45) is 2.05. The van der Waals surface area contributed by atoms with Crippen LogP contribution < -0.4 is 11.1 Å². The van der Waals surface area contributed by atoms with Crippen molar-refractivity contribution in [2.45, 2.75) is 25.4 Å². The molecule has 2 atom stereocenters. The molecule has 0 unspecified atom stereocenters. The van der Waals surface area contributed by atoms with Crippen molar-refractivity contribution in [3.8, 4) is 10.6 Å². The second kappa shape index (κ2) is 9.12. The molecule has 1 saturated heterocycles. The Kier molecular flexibility index (Phi) is 6.59. The highest BCUT2D eigenvalue weighted by atomic mass is 32.1. The van der Waals surface area contributed by atoms with Gasteiger partial charge in [0.2, 0.25) is 5.91 Å². The largest absolute Gasteiger partial charge is 0.391 e. The number of aliphatic hydroxyl groups excluding tert-OH is 1. The van der Waals surface area contributed by atoms with Gasteiger partial charge < -0.3 is 20.7 Å². The summed E-state index contributed by atoms with van der Waals surface area (Å²) in [4.78, 5) is 26.3. The number of nitrogens with zero attached hydrogens (tertiary/aromatic N) is 2. The van der Waals surface area contributed by atoms with Crippen molar-refractivity contribution in [3.63, 3.8) is 0 Å². The van der Waals surface area contributed by atoms with Crippen molar-refractivity contribution in [3.05, 3.63) is 29.3 Å². The molecule has 0 saturated carbocycles. The Labute approximate surface area is 161 Å². The predicted octanol–water partition coefficient (Wildman–Crippen LogP) is 1.08. The van der Waals surface area contributed by atoms with Crippen LogP contribution in [0.25, 0.3) is 10.6 Å². The van der Waals surface area contributed by atoms with Gasteiger partial charge in [-0.05, 0) is 30.8 Å². The number of thiophene rings is 1. The van der Waals surface area contributed by atoms with Gasteiger partial charge >= 0.3 is 0 Å². The van der Waals surface area contributed by atoms with Crippen molar-refractivity contribution < 1.29 is 19.2 Å². The standard InChI is InChI=1S/C18H24N4O4S/c19-17(24)12-10-22(11-14(12)23)7-3-1-2-6-20-18(25)13-9-15(26-21-13)16-5-4-8-27-16/h4-5,8-9,12,14,23H,1-3,6-7,10-11H2,(H2,19,24)(H,20,25)/t12-,14-/m1/s1. The lowest BCUT2D eigenvalue weighted by molar-refractivity contribution is -0.123. The number of nitrogens with one attached hydrogen (secondary N) is 1. The zero-order chi connectivity index (χ0) is 19.2. The number of aliphatic hydroxyl groups is 1. The van der Waals surface area contributed by atoms with Crippen LogP contribution in [-0.4, -0.2) is 59.3 Å². The summed E-state index contributed by atoms with van der Waals surface area (Å²) >= 11 is 1.53. The SMILES string of the molecule is NC(=O)[C@@H]1CN(CCCCCNC(=O)c2cc(-c3cccs3)on2)C[C@H]1O. The van der Waals surface area contributed by atoms with Crippen LogP contribution in [0.2, 0.25) is 0 Å². The van der Waals surface area contributed by atoms with Crippen LogP contribution in [0.15, 0.2) is 28.1 Å². The van der Waals surface area contributed by atoms with Gasteiger partial charge in [0.1, 0.15) is 0 Å². The molecule has 0 aliphatic carbocycles. The fourth-order valence-corrected chi connectivity index (χ4v) is 3.85. The molecule has 3 heterocycles. The highest BCUT2D eigenvalue weighted by molar-refractivity contribution is 7.13. The van der Waals surface area contributed by atoms with E-state index in [1.54, 1.807) is 6.07 Å². The van der Waals surface area contributed by atoms with Gasteiger partial charge in [-0.3, -0.25) is 14.5 Å². The van der Waals surface area contributed by atoms with E-state index in [-0.39, 0.29) is 11.6 Å². The van der Waals surface area contributed by atoms with Crippen LogP contribution in [0.4, 0.5) is 0 Å². The second-order valence-corrected chi connectivity index (χ2v) is 7.65. The Morgan fingerprint density at radius 1 is 1.37 bits per heavy atom. The lowest BCUT2D eigenvalue weighted by atomic mass is 10.1. The van der Waals surface area contributed by atoms with Crippen molar-refractivity contribution >= 4 is 23.2 Å². The molecule has 1 aliphatic rings. The Bertz CT molecular complexity index is 761. The van der Waals surface area contributed by atoms with Gasteiger partial charge in [-0.2, -0.15) is 0 Å². The zero-order valence-electron chi connectivity index (χ0n) is 15.0. The van der Waals surface area contributed by atoms with E-state index in [0.29, 0.717) is 25.4 Å². The Morgan fingerprint density at radius 3 is 2.93 bits per heavy atom. The first-order valence-corrected chi connectivity index (χ1v) is 9.91. The number of nitrogens with two attached hydrogens (primary N) is 1. The molecule has 9 heteroatoms. The van der Waals surface area contributed by atoms with Gasteiger partial charge in [-0.25, -0.2) is 0 Å². The number of rotatable bonds is 9. The Hall–Kier alpha value is -2.23. The molecule has 146 valence electrons. The molecule has 0 bridgehead atoms. The highest BCUT2D eigenvalue weighted by Gasteiger charge is 2.34. The fourth-order valence-electron chi connectivity index (χ4n) is 3.18. The molecular weight excluding hydrogens is 368 g/mol. The number of hydrogen-bond donors (Lipinski definition) is 3. The van der Waals surface area contributed by atoms with E-state index in [2.05, 4.69) is 15.4 Å². The average Bonchev–Trinajstić information content (AvgIpc) is 3.37. The maximum absolute atomic E-state index is 12.1. The molecule has 2 amide bonds. The fraction of sp³-hybridized carbons (Fsp3) is 0.500. The maximum atomic E-state index is 12.1. The van der Waals surface area contributed by atoms with Gasteiger partial charge in [-0.15, -0.1) is 11.3 Å². The first-order chi connectivity index (χ1) is 13.0. The van der Waals surface area contributed by atoms with Gasteiger partial charge in [0, 0.05) is 25.7 Å². The molecule has 1 fully saturated rings. The van der Waals surface area contributed by atoms with Crippen LogP contribution in [0.1, 0.15) is 29.8 Å². The maximum Gasteiger partial charge on any atom is 0.273 e. The van der Waals surface area contributed by atoms with Crippen molar-refractivity contribution in [1.82, 2.24) is 15.4 Å². The third-order valence-electron chi connectivity index (χ3n) is 4.67. The Balaban J connectivity index is 1.30. The highest BCUT2D eigenvalue weighted by Crippen LogP contribution is 2.25.